The van der Waals surface area contributed by atoms with Crippen LogP contribution < -0.4 is 15.0 Å². The monoisotopic (exact) mass is 401 g/mol. The first-order valence-corrected chi connectivity index (χ1v) is 11.1. The van der Waals surface area contributed by atoms with Crippen LogP contribution in [0.1, 0.15) is 12.8 Å². The molecule has 7 nitrogen and oxygen atoms in total. The number of carbonyl (C=O) groups is 1. The fraction of sp³-hybridized carbons (Fsp3) is 0.682. The zero-order valence-corrected chi connectivity index (χ0v) is 17.7. The van der Waals surface area contributed by atoms with Crippen molar-refractivity contribution >= 4 is 11.6 Å². The summed E-state index contributed by atoms with van der Waals surface area (Å²) >= 11 is 0. The van der Waals surface area contributed by atoms with Gasteiger partial charge in [0.15, 0.2) is 0 Å². The summed E-state index contributed by atoms with van der Waals surface area (Å²) in [7, 11) is 2.14. The van der Waals surface area contributed by atoms with Gasteiger partial charge in [0.2, 0.25) is 5.91 Å². The predicted octanol–water partition coefficient (Wildman–Crippen LogP) is 0.713. The van der Waals surface area contributed by atoms with E-state index in [2.05, 4.69) is 51.3 Å². The topological polar surface area (TPSA) is 51.3 Å². The first-order chi connectivity index (χ1) is 14.2. The molecule has 160 valence electrons. The average Bonchev–Trinajstić information content (AvgIpc) is 2.77. The van der Waals surface area contributed by atoms with Crippen LogP contribution >= 0.6 is 0 Å². The predicted molar refractivity (Wildman–Crippen MR) is 116 cm³/mol. The zero-order chi connectivity index (χ0) is 20.1. The Labute approximate surface area is 174 Å². The third-order valence-corrected chi connectivity index (χ3v) is 6.38. The molecule has 29 heavy (non-hydrogen) atoms. The highest BCUT2D eigenvalue weighted by Crippen LogP contribution is 2.23. The van der Waals surface area contributed by atoms with Crippen molar-refractivity contribution in [1.82, 2.24) is 20.0 Å². The Bertz CT molecular complexity index is 646. The molecule has 0 bridgehead atoms. The molecule has 3 aliphatic heterocycles. The van der Waals surface area contributed by atoms with Gasteiger partial charge < -0.3 is 24.8 Å². The molecule has 0 saturated carbocycles. The second-order valence-electron chi connectivity index (χ2n) is 8.51. The van der Waals surface area contributed by atoms with E-state index in [0.29, 0.717) is 12.6 Å². The summed E-state index contributed by atoms with van der Waals surface area (Å²) < 4.78 is 6.11. The number of nitrogens with one attached hydrogen (secondary N) is 1. The van der Waals surface area contributed by atoms with Gasteiger partial charge in [-0.05, 0) is 57.2 Å². The van der Waals surface area contributed by atoms with Crippen LogP contribution in [0, 0.1) is 0 Å². The number of nitrogens with zero attached hydrogens (tertiary/aromatic N) is 4. The van der Waals surface area contributed by atoms with Crippen molar-refractivity contribution in [2.24, 2.45) is 0 Å². The minimum Gasteiger partial charge on any atom is -0.490 e. The molecular formula is C22H35N5O2. The van der Waals surface area contributed by atoms with Crippen molar-refractivity contribution in [2.75, 3.05) is 83.9 Å². The molecular weight excluding hydrogens is 366 g/mol. The Kier molecular flexibility index (Phi) is 6.90. The maximum Gasteiger partial charge on any atom is 0.236 e. The van der Waals surface area contributed by atoms with E-state index in [1.807, 2.05) is 4.90 Å². The van der Waals surface area contributed by atoms with E-state index < -0.39 is 0 Å². The molecule has 1 N–H and O–H groups in total. The van der Waals surface area contributed by atoms with Gasteiger partial charge >= 0.3 is 0 Å². The number of ether oxygens (including phenoxy) is 1. The molecule has 3 saturated heterocycles. The highest BCUT2D eigenvalue weighted by molar-refractivity contribution is 5.78. The summed E-state index contributed by atoms with van der Waals surface area (Å²) in [6.07, 6.45) is 2.48. The normalized spacial score (nSPS) is 22.7. The number of amides is 1. The highest BCUT2D eigenvalue weighted by Gasteiger charge is 2.24. The van der Waals surface area contributed by atoms with Crippen LogP contribution in [0.5, 0.6) is 5.75 Å². The van der Waals surface area contributed by atoms with Crippen LogP contribution in [0.2, 0.25) is 0 Å². The number of carbonyl (C=O) groups excluding carboxylic acids is 1. The molecule has 0 radical (unpaired) electrons. The van der Waals surface area contributed by atoms with Crippen molar-refractivity contribution in [2.45, 2.75) is 18.9 Å². The SMILES string of the molecule is CN1CCN(CC(=O)N2CCN(c3ccc(OC4CCNCC4)cc3)CC2)CC1. The summed E-state index contributed by atoms with van der Waals surface area (Å²) in [4.78, 5) is 21.7. The van der Waals surface area contributed by atoms with Crippen molar-refractivity contribution in [3.63, 3.8) is 0 Å². The van der Waals surface area contributed by atoms with Gasteiger partial charge in [0.05, 0.1) is 6.54 Å². The number of piperazine rings is 2. The number of piperidine rings is 1. The van der Waals surface area contributed by atoms with E-state index in [9.17, 15) is 4.79 Å². The van der Waals surface area contributed by atoms with Gasteiger partial charge in [-0.3, -0.25) is 9.69 Å². The minimum atomic E-state index is 0.278. The molecule has 0 aliphatic carbocycles. The van der Waals surface area contributed by atoms with E-state index in [1.165, 1.54) is 5.69 Å². The number of hydrogen-bond donors (Lipinski definition) is 1. The van der Waals surface area contributed by atoms with Crippen LogP contribution in [0.15, 0.2) is 24.3 Å². The van der Waals surface area contributed by atoms with E-state index in [1.54, 1.807) is 0 Å². The molecule has 0 unspecified atom stereocenters. The quantitative estimate of drug-likeness (QED) is 0.785. The van der Waals surface area contributed by atoms with Crippen LogP contribution in [-0.4, -0.2) is 106 Å². The summed E-state index contributed by atoms with van der Waals surface area (Å²) in [6.45, 7) is 10.1. The lowest BCUT2D eigenvalue weighted by Crippen LogP contribution is -2.53. The Morgan fingerprint density at radius 3 is 2.28 bits per heavy atom. The molecule has 1 aromatic carbocycles. The van der Waals surface area contributed by atoms with E-state index in [4.69, 9.17) is 4.74 Å². The van der Waals surface area contributed by atoms with Crippen LogP contribution in [0.3, 0.4) is 0 Å². The third-order valence-electron chi connectivity index (χ3n) is 6.38. The van der Waals surface area contributed by atoms with E-state index in [-0.39, 0.29) is 5.91 Å². The molecule has 3 fully saturated rings. The minimum absolute atomic E-state index is 0.278. The van der Waals surface area contributed by atoms with Crippen molar-refractivity contribution < 1.29 is 9.53 Å². The van der Waals surface area contributed by atoms with Crippen molar-refractivity contribution in [1.29, 1.82) is 0 Å². The number of anilines is 1. The highest BCUT2D eigenvalue weighted by atomic mass is 16.5. The first kappa shape index (κ1) is 20.4. The molecule has 3 aliphatic rings. The van der Waals surface area contributed by atoms with Gasteiger partial charge in [-0.15, -0.1) is 0 Å². The van der Waals surface area contributed by atoms with Gasteiger partial charge in [-0.2, -0.15) is 0 Å². The Hall–Kier alpha value is -1.83. The van der Waals surface area contributed by atoms with Gasteiger partial charge in [0.1, 0.15) is 11.9 Å². The smallest absolute Gasteiger partial charge is 0.236 e. The molecule has 3 heterocycles. The molecule has 0 atom stereocenters. The number of hydrogen-bond acceptors (Lipinski definition) is 6. The molecule has 7 heteroatoms. The largest absolute Gasteiger partial charge is 0.490 e. The maximum absolute atomic E-state index is 12.7. The van der Waals surface area contributed by atoms with Gasteiger partial charge in [0.25, 0.3) is 0 Å². The zero-order valence-electron chi connectivity index (χ0n) is 17.7. The molecule has 1 aromatic rings. The molecule has 0 aromatic heterocycles. The van der Waals surface area contributed by atoms with Crippen LogP contribution in [0.25, 0.3) is 0 Å². The number of likely N-dealkylation sites (N-methyl/N-ethyl adjacent to an activating group) is 1. The molecule has 4 rings (SSSR count). The molecule has 1 amide bonds. The third kappa shape index (κ3) is 5.62. The Balaban J connectivity index is 1.22. The summed E-state index contributed by atoms with van der Waals surface area (Å²) in [5.41, 5.74) is 1.22. The maximum atomic E-state index is 12.7. The lowest BCUT2D eigenvalue weighted by Gasteiger charge is -2.38. The van der Waals surface area contributed by atoms with Crippen LogP contribution in [-0.2, 0) is 4.79 Å². The molecule has 0 spiro atoms. The lowest BCUT2D eigenvalue weighted by molar-refractivity contribution is -0.133. The second-order valence-corrected chi connectivity index (χ2v) is 8.51. The summed E-state index contributed by atoms with van der Waals surface area (Å²) in [5.74, 6) is 1.24. The Morgan fingerprint density at radius 2 is 1.62 bits per heavy atom. The lowest BCUT2D eigenvalue weighted by atomic mass is 10.1. The van der Waals surface area contributed by atoms with Crippen molar-refractivity contribution in [3.05, 3.63) is 24.3 Å². The number of benzene rings is 1. The Morgan fingerprint density at radius 1 is 0.966 bits per heavy atom. The van der Waals surface area contributed by atoms with Gasteiger partial charge in [-0.25, -0.2) is 0 Å². The van der Waals surface area contributed by atoms with E-state index >= 15 is 0 Å². The van der Waals surface area contributed by atoms with Gasteiger partial charge in [0, 0.05) is 58.0 Å². The first-order valence-electron chi connectivity index (χ1n) is 11.1. The second kappa shape index (κ2) is 9.78. The van der Waals surface area contributed by atoms with Crippen LogP contribution in [0.4, 0.5) is 5.69 Å². The summed E-state index contributed by atoms with van der Waals surface area (Å²) in [6, 6.07) is 8.47. The standard InChI is InChI=1S/C22H35N5O2/c1-24-10-12-25(13-11-24)18-22(28)27-16-14-26(15-17-27)19-2-4-20(5-3-19)29-21-6-8-23-9-7-21/h2-5,21,23H,6-18H2,1H3. The van der Waals surface area contributed by atoms with Crippen molar-refractivity contribution in [3.8, 4) is 5.75 Å². The summed E-state index contributed by atoms with van der Waals surface area (Å²) in [5, 5.41) is 3.37. The van der Waals surface area contributed by atoms with E-state index in [0.717, 1.165) is 84.0 Å². The number of rotatable bonds is 5. The fourth-order valence-corrected chi connectivity index (χ4v) is 4.35. The average molecular weight is 402 g/mol. The fourth-order valence-electron chi connectivity index (χ4n) is 4.35. The van der Waals surface area contributed by atoms with Gasteiger partial charge in [-0.1, -0.05) is 0 Å².